The fourth-order valence-electron chi connectivity index (χ4n) is 3.73. The van der Waals surface area contributed by atoms with Gasteiger partial charge in [0, 0.05) is 23.1 Å². The Morgan fingerprint density at radius 2 is 1.70 bits per heavy atom. The van der Waals surface area contributed by atoms with Crippen LogP contribution in [0.3, 0.4) is 0 Å². The van der Waals surface area contributed by atoms with Crippen LogP contribution in [0.2, 0.25) is 0 Å². The van der Waals surface area contributed by atoms with Gasteiger partial charge < -0.3 is 14.5 Å². The molecule has 0 spiro atoms. The number of fused-ring (bicyclic) bond motifs is 1. The van der Waals surface area contributed by atoms with Crippen LogP contribution in [0.25, 0.3) is 22.8 Å². The van der Waals surface area contributed by atoms with Crippen molar-refractivity contribution < 1.29 is 13.9 Å². The second-order valence-electron chi connectivity index (χ2n) is 7.14. The van der Waals surface area contributed by atoms with Gasteiger partial charge in [-0.25, -0.2) is 4.98 Å². The molecule has 1 aromatic heterocycles. The summed E-state index contributed by atoms with van der Waals surface area (Å²) in [7, 11) is 0. The van der Waals surface area contributed by atoms with E-state index in [0.29, 0.717) is 29.4 Å². The third kappa shape index (κ3) is 3.46. The van der Waals surface area contributed by atoms with Gasteiger partial charge in [0.05, 0.1) is 24.4 Å². The van der Waals surface area contributed by atoms with Crippen molar-refractivity contribution in [3.8, 4) is 28.5 Å². The third-order valence-corrected chi connectivity index (χ3v) is 5.23. The summed E-state index contributed by atoms with van der Waals surface area (Å²) < 4.78 is 11.7. The van der Waals surface area contributed by atoms with Gasteiger partial charge in [0.1, 0.15) is 5.75 Å². The number of benzene rings is 3. The van der Waals surface area contributed by atoms with Crippen molar-refractivity contribution in [2.24, 2.45) is 0 Å². The number of aromatic nitrogens is 1. The first kappa shape index (κ1) is 18.2. The maximum absolute atomic E-state index is 13.2. The van der Waals surface area contributed by atoms with Crippen LogP contribution in [0, 0.1) is 0 Å². The number of rotatable bonds is 4. The van der Waals surface area contributed by atoms with Crippen LogP contribution in [0.5, 0.6) is 5.75 Å². The average molecular weight is 396 g/mol. The predicted molar refractivity (Wildman–Crippen MR) is 114 cm³/mol. The molecule has 4 aromatic rings. The van der Waals surface area contributed by atoms with Gasteiger partial charge >= 0.3 is 0 Å². The molecule has 3 aromatic carbocycles. The van der Waals surface area contributed by atoms with E-state index in [1.807, 2.05) is 72.8 Å². The fraction of sp³-hybridized carbons (Fsp3) is 0.120. The van der Waals surface area contributed by atoms with Crippen LogP contribution < -0.4 is 10.1 Å². The number of hydrogen-bond acceptors (Lipinski definition) is 4. The van der Waals surface area contributed by atoms with Gasteiger partial charge in [-0.1, -0.05) is 60.7 Å². The van der Waals surface area contributed by atoms with Crippen LogP contribution in [0.15, 0.2) is 89.5 Å². The third-order valence-electron chi connectivity index (χ3n) is 5.23. The van der Waals surface area contributed by atoms with Crippen LogP contribution in [-0.2, 0) is 0 Å². The summed E-state index contributed by atoms with van der Waals surface area (Å²) in [5, 5.41) is 3.15. The number of hydrogen-bond donors (Lipinski definition) is 1. The Morgan fingerprint density at radius 3 is 2.60 bits per heavy atom. The van der Waals surface area contributed by atoms with Gasteiger partial charge in [-0.15, -0.1) is 0 Å². The highest BCUT2D eigenvalue weighted by Gasteiger charge is 2.25. The van der Waals surface area contributed by atoms with Crippen molar-refractivity contribution in [1.29, 1.82) is 0 Å². The van der Waals surface area contributed by atoms with Gasteiger partial charge in [0.25, 0.3) is 5.91 Å². The number of nitrogens with one attached hydrogen (secondary N) is 1. The van der Waals surface area contributed by atoms with E-state index in [9.17, 15) is 4.79 Å². The molecule has 1 aliphatic heterocycles. The zero-order chi connectivity index (χ0) is 20.3. The molecule has 1 atom stereocenters. The summed E-state index contributed by atoms with van der Waals surface area (Å²) in [6.07, 6.45) is 2.41. The summed E-state index contributed by atoms with van der Waals surface area (Å²) in [6, 6.07) is 24.9. The first-order valence-electron chi connectivity index (χ1n) is 9.93. The quantitative estimate of drug-likeness (QED) is 0.511. The maximum Gasteiger partial charge on any atom is 0.252 e. The molecule has 1 N–H and O–H groups in total. The molecule has 1 aliphatic rings. The monoisotopic (exact) mass is 396 g/mol. The molecule has 0 bridgehead atoms. The Bertz CT molecular complexity index is 1180. The summed E-state index contributed by atoms with van der Waals surface area (Å²) in [6.45, 7) is 0.573. The van der Waals surface area contributed by atoms with Crippen molar-refractivity contribution in [3.63, 3.8) is 0 Å². The molecule has 30 heavy (non-hydrogen) atoms. The molecular weight excluding hydrogens is 376 g/mol. The molecule has 0 saturated heterocycles. The Hall–Kier alpha value is -3.86. The topological polar surface area (TPSA) is 64.4 Å². The lowest BCUT2D eigenvalue weighted by molar-refractivity contribution is 0.0925. The summed E-state index contributed by atoms with van der Waals surface area (Å²) in [5.74, 6) is 1.75. The van der Waals surface area contributed by atoms with E-state index in [1.165, 1.54) is 0 Å². The second kappa shape index (κ2) is 7.87. The van der Waals surface area contributed by atoms with Gasteiger partial charge in [-0.05, 0) is 18.2 Å². The van der Waals surface area contributed by atoms with Crippen LogP contribution in [0.4, 0.5) is 0 Å². The normalized spacial score (nSPS) is 15.1. The van der Waals surface area contributed by atoms with Gasteiger partial charge in [-0.3, -0.25) is 4.79 Å². The highest BCUT2D eigenvalue weighted by atomic mass is 16.5. The smallest absolute Gasteiger partial charge is 0.252 e. The molecule has 148 valence electrons. The van der Waals surface area contributed by atoms with E-state index in [4.69, 9.17) is 9.15 Å². The first-order chi connectivity index (χ1) is 14.8. The zero-order valence-electron chi connectivity index (χ0n) is 16.2. The number of amides is 1. The summed E-state index contributed by atoms with van der Waals surface area (Å²) >= 11 is 0. The van der Waals surface area contributed by atoms with Gasteiger partial charge in [0.15, 0.2) is 5.76 Å². The fourth-order valence-corrected chi connectivity index (χ4v) is 3.73. The minimum Gasteiger partial charge on any atom is -0.493 e. The maximum atomic E-state index is 13.2. The lowest BCUT2D eigenvalue weighted by atomic mass is 9.99. The van der Waals surface area contributed by atoms with E-state index in [2.05, 4.69) is 10.3 Å². The number of ether oxygens (including phenoxy) is 1. The summed E-state index contributed by atoms with van der Waals surface area (Å²) in [4.78, 5) is 17.6. The number of carbonyl (C=O) groups is 1. The Balaban J connectivity index is 1.43. The Morgan fingerprint density at radius 1 is 0.933 bits per heavy atom. The molecule has 0 radical (unpaired) electrons. The number of nitrogens with zero attached hydrogens (tertiary/aromatic N) is 1. The second-order valence-corrected chi connectivity index (χ2v) is 7.14. The highest BCUT2D eigenvalue weighted by molar-refractivity contribution is 6.00. The lowest BCUT2D eigenvalue weighted by Gasteiger charge is -2.26. The molecule has 0 aliphatic carbocycles. The lowest BCUT2D eigenvalue weighted by Crippen LogP contribution is -2.32. The van der Waals surface area contributed by atoms with E-state index in [-0.39, 0.29) is 11.9 Å². The first-order valence-corrected chi connectivity index (χ1v) is 9.93. The molecule has 5 heteroatoms. The molecular formula is C25H20N2O3. The highest BCUT2D eigenvalue weighted by Crippen LogP contribution is 2.33. The van der Waals surface area contributed by atoms with Crippen molar-refractivity contribution in [2.75, 3.05) is 6.61 Å². The predicted octanol–water partition coefficient (Wildman–Crippen LogP) is 5.26. The van der Waals surface area contributed by atoms with Crippen LogP contribution in [-0.4, -0.2) is 17.5 Å². The molecule has 2 heterocycles. The largest absolute Gasteiger partial charge is 0.493 e. The van der Waals surface area contributed by atoms with E-state index >= 15 is 0 Å². The van der Waals surface area contributed by atoms with E-state index < -0.39 is 0 Å². The number of carbonyl (C=O) groups excluding carboxylic acids is 1. The van der Waals surface area contributed by atoms with Crippen molar-refractivity contribution in [1.82, 2.24) is 10.3 Å². The number of para-hydroxylation sites is 1. The van der Waals surface area contributed by atoms with Crippen molar-refractivity contribution in [2.45, 2.75) is 12.5 Å². The van der Waals surface area contributed by atoms with Gasteiger partial charge in [-0.2, -0.15) is 0 Å². The standard InChI is InChI=1S/C25H20N2O3/c28-24(27-21-14-15-29-22-13-7-6-12-20(21)22)18-10-4-5-11-19(18)25-26-16-23(30-25)17-8-2-1-3-9-17/h1-13,16,21H,14-15H2,(H,27,28)/t21-/m0/s1. The minimum atomic E-state index is -0.160. The zero-order valence-corrected chi connectivity index (χ0v) is 16.2. The SMILES string of the molecule is O=C(N[C@H]1CCOc2ccccc21)c1ccccc1-c1ncc(-c2ccccc2)o1. The molecule has 0 fully saturated rings. The Kier molecular flexibility index (Phi) is 4.77. The molecule has 0 unspecified atom stereocenters. The van der Waals surface area contributed by atoms with Crippen molar-refractivity contribution >= 4 is 5.91 Å². The van der Waals surface area contributed by atoms with E-state index in [0.717, 1.165) is 23.3 Å². The van der Waals surface area contributed by atoms with Crippen LogP contribution >= 0.6 is 0 Å². The molecule has 1 amide bonds. The van der Waals surface area contributed by atoms with Crippen molar-refractivity contribution in [3.05, 3.63) is 96.2 Å². The van der Waals surface area contributed by atoms with Gasteiger partial charge in [0.2, 0.25) is 5.89 Å². The number of oxazole rings is 1. The summed E-state index contributed by atoms with van der Waals surface area (Å²) in [5.41, 5.74) is 3.13. The Labute approximate surface area is 174 Å². The molecule has 5 nitrogen and oxygen atoms in total. The molecule has 5 rings (SSSR count). The molecule has 0 saturated carbocycles. The minimum absolute atomic E-state index is 0.0973. The van der Waals surface area contributed by atoms with Crippen LogP contribution in [0.1, 0.15) is 28.4 Å². The van der Waals surface area contributed by atoms with E-state index in [1.54, 1.807) is 12.3 Å². The average Bonchev–Trinajstić information content (AvgIpc) is 3.30.